The van der Waals surface area contributed by atoms with Gasteiger partial charge in [-0.3, -0.25) is 0 Å². The predicted octanol–water partition coefficient (Wildman–Crippen LogP) is 1.19. The van der Waals surface area contributed by atoms with Crippen molar-refractivity contribution in [1.82, 2.24) is 5.32 Å². The Morgan fingerprint density at radius 3 is 2.10 bits per heavy atom. The molecular weight excluding hydrogens is 201 g/mol. The molecule has 1 aliphatic heterocycles. The number of rotatable bonds is 1. The molecule has 1 fully saturated rings. The Bertz CT molecular complexity index is 62.6. The second-order valence-electron chi connectivity index (χ2n) is 2.23. The van der Waals surface area contributed by atoms with Crippen LogP contribution >= 0.6 is 0 Å². The molecule has 1 rings (SSSR count). The van der Waals surface area contributed by atoms with Crippen LogP contribution in [0.5, 0.6) is 0 Å². The molecule has 0 aromatic carbocycles. The number of piperidine rings is 1. The quantitative estimate of drug-likeness (QED) is 0.656. The first-order valence-electron chi connectivity index (χ1n) is 3.24. The van der Waals surface area contributed by atoms with E-state index in [1.54, 1.807) is 0 Å². The van der Waals surface area contributed by atoms with Crippen LogP contribution in [-0.4, -0.2) is 26.2 Å². The van der Waals surface area contributed by atoms with Crippen molar-refractivity contribution >= 4 is 0 Å². The zero-order valence-corrected chi connectivity index (χ0v) is 9.77. The van der Waals surface area contributed by atoms with Crippen LogP contribution in [-0.2, 0) is 32.7 Å². The molecule has 1 heterocycles. The molecule has 3 heteroatoms. The SMILES string of the molecule is CNC1CC[N-]CC1.[CH3-].[Y]. The van der Waals surface area contributed by atoms with Crippen LogP contribution in [0.4, 0.5) is 0 Å². The van der Waals surface area contributed by atoms with Gasteiger partial charge in [0.05, 0.1) is 0 Å². The topological polar surface area (TPSA) is 26.1 Å². The zero-order valence-electron chi connectivity index (χ0n) is 6.93. The smallest absolute Gasteiger partial charge is 0.00313 e. The summed E-state index contributed by atoms with van der Waals surface area (Å²) in [6.07, 6.45) is 2.47. The van der Waals surface area contributed by atoms with E-state index in [0.29, 0.717) is 0 Å². The molecule has 10 heavy (non-hydrogen) atoms. The summed E-state index contributed by atoms with van der Waals surface area (Å²) in [5.74, 6) is 0. The molecule has 0 atom stereocenters. The summed E-state index contributed by atoms with van der Waals surface area (Å²) in [5, 5.41) is 7.48. The minimum atomic E-state index is 0. The molecular formula is C7H16N2Y-2. The van der Waals surface area contributed by atoms with E-state index in [2.05, 4.69) is 10.6 Å². The standard InChI is InChI=1S/C6H13N2.CH3.Y/c1-7-6-2-4-8-5-3-6;;/h6-7H,2-5H2,1H3;1H3;/q2*-1;. The van der Waals surface area contributed by atoms with Gasteiger partial charge in [-0.1, -0.05) is 12.8 Å². The van der Waals surface area contributed by atoms with E-state index in [-0.39, 0.29) is 40.1 Å². The van der Waals surface area contributed by atoms with Crippen molar-refractivity contribution in [3.63, 3.8) is 0 Å². The van der Waals surface area contributed by atoms with Crippen LogP contribution < -0.4 is 5.32 Å². The molecule has 59 valence electrons. The third-order valence-electron chi connectivity index (χ3n) is 1.68. The molecule has 0 saturated carbocycles. The molecule has 0 aromatic heterocycles. The van der Waals surface area contributed by atoms with Crippen molar-refractivity contribution in [2.75, 3.05) is 20.1 Å². The molecule has 0 bridgehead atoms. The van der Waals surface area contributed by atoms with E-state index in [0.717, 1.165) is 19.1 Å². The maximum atomic E-state index is 4.24. The monoisotopic (exact) mass is 217 g/mol. The molecule has 0 spiro atoms. The van der Waals surface area contributed by atoms with Crippen molar-refractivity contribution in [1.29, 1.82) is 0 Å². The van der Waals surface area contributed by atoms with Gasteiger partial charge < -0.3 is 18.1 Å². The summed E-state index contributed by atoms with van der Waals surface area (Å²) in [6.45, 7) is 2.12. The van der Waals surface area contributed by atoms with Crippen LogP contribution in [0.15, 0.2) is 0 Å². The van der Waals surface area contributed by atoms with E-state index in [9.17, 15) is 0 Å². The van der Waals surface area contributed by atoms with E-state index in [1.165, 1.54) is 12.8 Å². The van der Waals surface area contributed by atoms with Crippen LogP contribution in [0.3, 0.4) is 0 Å². The van der Waals surface area contributed by atoms with Gasteiger partial charge in [-0.15, -0.1) is 13.1 Å². The van der Waals surface area contributed by atoms with Gasteiger partial charge in [-0.2, -0.15) is 0 Å². The van der Waals surface area contributed by atoms with Gasteiger partial charge in [-0.05, 0) is 7.05 Å². The summed E-state index contributed by atoms with van der Waals surface area (Å²) in [7, 11) is 2.02. The first kappa shape index (κ1) is 13.6. The fourth-order valence-corrected chi connectivity index (χ4v) is 1.04. The minimum Gasteiger partial charge on any atom is -0.662 e. The largest absolute Gasteiger partial charge is 0.662 e. The Labute approximate surface area is 89.4 Å². The minimum absolute atomic E-state index is 0. The summed E-state index contributed by atoms with van der Waals surface area (Å²) >= 11 is 0. The van der Waals surface area contributed by atoms with Crippen LogP contribution in [0.2, 0.25) is 0 Å². The van der Waals surface area contributed by atoms with E-state index in [4.69, 9.17) is 0 Å². The van der Waals surface area contributed by atoms with Crippen molar-refractivity contribution < 1.29 is 32.7 Å². The Morgan fingerprint density at radius 2 is 1.80 bits per heavy atom. The molecule has 1 aliphatic rings. The molecule has 1 saturated heterocycles. The molecule has 0 unspecified atom stereocenters. The van der Waals surface area contributed by atoms with Gasteiger partial charge in [0.2, 0.25) is 0 Å². The molecule has 0 amide bonds. The Kier molecular flexibility index (Phi) is 11.1. The summed E-state index contributed by atoms with van der Waals surface area (Å²) in [6, 6.07) is 0.743. The summed E-state index contributed by atoms with van der Waals surface area (Å²) < 4.78 is 0. The molecule has 0 aliphatic carbocycles. The first-order valence-corrected chi connectivity index (χ1v) is 3.24. The summed E-state index contributed by atoms with van der Waals surface area (Å²) in [5.41, 5.74) is 0. The number of hydrogen-bond donors (Lipinski definition) is 1. The Morgan fingerprint density at radius 1 is 1.30 bits per heavy atom. The molecule has 1 radical (unpaired) electrons. The molecule has 0 aromatic rings. The van der Waals surface area contributed by atoms with E-state index < -0.39 is 0 Å². The van der Waals surface area contributed by atoms with E-state index in [1.807, 2.05) is 7.05 Å². The van der Waals surface area contributed by atoms with Crippen molar-refractivity contribution in [3.05, 3.63) is 12.7 Å². The van der Waals surface area contributed by atoms with Gasteiger partial charge in [0.15, 0.2) is 0 Å². The normalized spacial score (nSPS) is 18.9. The number of hydrogen-bond acceptors (Lipinski definition) is 1. The third-order valence-corrected chi connectivity index (χ3v) is 1.68. The summed E-state index contributed by atoms with van der Waals surface area (Å²) in [4.78, 5) is 0. The predicted molar refractivity (Wildman–Crippen MR) is 41.6 cm³/mol. The van der Waals surface area contributed by atoms with Crippen molar-refractivity contribution in [3.8, 4) is 0 Å². The number of nitrogens with one attached hydrogen (secondary N) is 1. The average Bonchev–Trinajstić information content (AvgIpc) is 1.90. The third kappa shape index (κ3) is 4.78. The Hall–Kier alpha value is 1.02. The molecule has 2 nitrogen and oxygen atoms in total. The van der Waals surface area contributed by atoms with Gasteiger partial charge in [0, 0.05) is 38.8 Å². The fourth-order valence-electron chi connectivity index (χ4n) is 1.04. The first-order chi connectivity index (χ1) is 3.93. The second-order valence-corrected chi connectivity index (χ2v) is 2.23. The van der Waals surface area contributed by atoms with Gasteiger partial charge in [0.25, 0.3) is 0 Å². The average molecular weight is 217 g/mol. The number of nitrogens with zero attached hydrogens (tertiary/aromatic N) is 1. The zero-order chi connectivity index (χ0) is 5.82. The second kappa shape index (κ2) is 8.12. The van der Waals surface area contributed by atoms with Crippen LogP contribution in [0.1, 0.15) is 12.8 Å². The van der Waals surface area contributed by atoms with Crippen LogP contribution in [0, 0.1) is 7.43 Å². The van der Waals surface area contributed by atoms with Crippen molar-refractivity contribution in [2.24, 2.45) is 0 Å². The van der Waals surface area contributed by atoms with Gasteiger partial charge in [-0.25, -0.2) is 0 Å². The molecule has 1 N–H and O–H groups in total. The Balaban J connectivity index is 0. The van der Waals surface area contributed by atoms with Crippen LogP contribution in [0.25, 0.3) is 5.32 Å². The van der Waals surface area contributed by atoms with Crippen molar-refractivity contribution in [2.45, 2.75) is 18.9 Å². The van der Waals surface area contributed by atoms with Gasteiger partial charge >= 0.3 is 0 Å². The van der Waals surface area contributed by atoms with Gasteiger partial charge in [0.1, 0.15) is 0 Å². The fraction of sp³-hybridized carbons (Fsp3) is 0.857. The maximum Gasteiger partial charge on any atom is 0.00313 e. The van der Waals surface area contributed by atoms with E-state index >= 15 is 0 Å². The maximum absolute atomic E-state index is 4.24.